The molecule has 0 saturated carbocycles. The molecule has 0 bridgehead atoms. The van der Waals surface area contributed by atoms with E-state index in [1.165, 1.54) is 14.2 Å². The van der Waals surface area contributed by atoms with E-state index in [4.69, 9.17) is 37.9 Å². The molecule has 3 aromatic rings. The van der Waals surface area contributed by atoms with Gasteiger partial charge in [-0.2, -0.15) is 0 Å². The van der Waals surface area contributed by atoms with Crippen LogP contribution in [-0.4, -0.2) is 93.0 Å². The SMILES string of the molecule is CO[C@@H]1[C@@H](OC)[C@@H](O)O[C@H](CO)[C@H]1O[C@@H]1OC[C@H](OCc2ccccc2)[C@H](OCc2ccccc2)[C@H]1OCc1ccccc1. The molecule has 10 heteroatoms. The van der Waals surface area contributed by atoms with Crippen molar-refractivity contribution in [2.24, 2.45) is 0 Å². The van der Waals surface area contributed by atoms with Gasteiger partial charge in [-0.1, -0.05) is 91.0 Å². The van der Waals surface area contributed by atoms with Gasteiger partial charge in [-0.05, 0) is 16.7 Å². The van der Waals surface area contributed by atoms with Crippen molar-refractivity contribution in [3.8, 4) is 0 Å². The molecule has 10 nitrogen and oxygen atoms in total. The van der Waals surface area contributed by atoms with Crippen LogP contribution in [0, 0.1) is 0 Å². The fraction of sp³-hybridized carbons (Fsp3) is 0.471. The fourth-order valence-electron chi connectivity index (χ4n) is 5.57. The minimum absolute atomic E-state index is 0.160. The van der Waals surface area contributed by atoms with Crippen molar-refractivity contribution in [1.82, 2.24) is 0 Å². The van der Waals surface area contributed by atoms with Gasteiger partial charge in [-0.25, -0.2) is 0 Å². The highest BCUT2D eigenvalue weighted by Crippen LogP contribution is 2.32. The van der Waals surface area contributed by atoms with Crippen LogP contribution in [0.15, 0.2) is 91.0 Å². The second kappa shape index (κ2) is 16.5. The van der Waals surface area contributed by atoms with E-state index >= 15 is 0 Å². The maximum atomic E-state index is 10.5. The Morgan fingerprint density at radius 3 is 1.64 bits per heavy atom. The number of benzene rings is 3. The molecule has 2 aliphatic rings. The molecule has 5 rings (SSSR count). The molecule has 2 fully saturated rings. The van der Waals surface area contributed by atoms with Gasteiger partial charge in [0.2, 0.25) is 0 Å². The molecule has 2 heterocycles. The third kappa shape index (κ3) is 8.29. The normalized spacial score (nSPS) is 30.7. The topological polar surface area (TPSA) is 114 Å². The number of methoxy groups -OCH3 is 2. The Kier molecular flexibility index (Phi) is 12.3. The molecule has 0 amide bonds. The van der Waals surface area contributed by atoms with Crippen LogP contribution >= 0.6 is 0 Å². The third-order valence-electron chi connectivity index (χ3n) is 7.89. The average Bonchev–Trinajstić information content (AvgIpc) is 3.07. The van der Waals surface area contributed by atoms with E-state index in [0.29, 0.717) is 13.2 Å². The molecule has 0 spiro atoms. The second-order valence-corrected chi connectivity index (χ2v) is 10.8. The van der Waals surface area contributed by atoms with Crippen molar-refractivity contribution in [2.45, 2.75) is 75.1 Å². The van der Waals surface area contributed by atoms with E-state index in [-0.39, 0.29) is 13.2 Å². The van der Waals surface area contributed by atoms with Crippen molar-refractivity contribution in [3.05, 3.63) is 108 Å². The zero-order valence-corrected chi connectivity index (χ0v) is 25.1. The van der Waals surface area contributed by atoms with Crippen molar-refractivity contribution >= 4 is 0 Å². The predicted octanol–water partition coefficient (Wildman–Crippen LogP) is 3.22. The number of aliphatic hydroxyl groups is 2. The highest BCUT2D eigenvalue weighted by atomic mass is 16.7. The number of hydrogen-bond donors (Lipinski definition) is 2. The number of hydrogen-bond acceptors (Lipinski definition) is 10. The van der Waals surface area contributed by atoms with E-state index in [2.05, 4.69) is 0 Å². The Morgan fingerprint density at radius 1 is 0.636 bits per heavy atom. The summed E-state index contributed by atoms with van der Waals surface area (Å²) in [7, 11) is 2.94. The van der Waals surface area contributed by atoms with Crippen LogP contribution < -0.4 is 0 Å². The van der Waals surface area contributed by atoms with Gasteiger partial charge >= 0.3 is 0 Å². The lowest BCUT2D eigenvalue weighted by Gasteiger charge is -2.47. The standard InChI is InChI=1S/C34H42O10/c1-37-30-29(26(18-35)43-33(36)31(30)38-2)44-34-32(41-21-25-16-10-5-11-17-25)28(40-20-24-14-8-4-9-15-24)27(22-42-34)39-19-23-12-6-3-7-13-23/h3-17,26-36H,18-22H2,1-2H3/t26-,27+,28+,29-,30+,31-,32-,33+,34+/m1/s1. The van der Waals surface area contributed by atoms with Crippen LogP contribution in [-0.2, 0) is 57.7 Å². The van der Waals surface area contributed by atoms with Crippen LogP contribution in [0.2, 0.25) is 0 Å². The smallest absolute Gasteiger partial charge is 0.187 e. The summed E-state index contributed by atoms with van der Waals surface area (Å²) < 4.78 is 49.2. The van der Waals surface area contributed by atoms with Gasteiger partial charge < -0.3 is 48.1 Å². The summed E-state index contributed by atoms with van der Waals surface area (Å²) in [5.41, 5.74) is 2.98. The lowest BCUT2D eigenvalue weighted by Crippen LogP contribution is -2.64. The highest BCUT2D eigenvalue weighted by Gasteiger charge is 2.51. The lowest BCUT2D eigenvalue weighted by molar-refractivity contribution is -0.356. The summed E-state index contributed by atoms with van der Waals surface area (Å²) in [6.07, 6.45) is -7.48. The van der Waals surface area contributed by atoms with Crippen molar-refractivity contribution < 1.29 is 48.1 Å². The summed E-state index contributed by atoms with van der Waals surface area (Å²) >= 11 is 0. The molecular weight excluding hydrogens is 568 g/mol. The molecule has 9 atom stereocenters. The predicted molar refractivity (Wildman–Crippen MR) is 159 cm³/mol. The van der Waals surface area contributed by atoms with Crippen molar-refractivity contribution in [2.75, 3.05) is 27.4 Å². The van der Waals surface area contributed by atoms with Crippen molar-refractivity contribution in [1.29, 1.82) is 0 Å². The van der Waals surface area contributed by atoms with Crippen LogP contribution in [0.3, 0.4) is 0 Å². The summed E-state index contributed by atoms with van der Waals surface area (Å²) in [5.74, 6) is 0. The summed E-state index contributed by atoms with van der Waals surface area (Å²) in [6.45, 7) is 0.686. The minimum atomic E-state index is -1.31. The van der Waals surface area contributed by atoms with Gasteiger partial charge in [-0.3, -0.25) is 0 Å². The van der Waals surface area contributed by atoms with Gasteiger partial charge in [0.15, 0.2) is 12.6 Å². The molecule has 238 valence electrons. The largest absolute Gasteiger partial charge is 0.394 e. The first-order valence-corrected chi connectivity index (χ1v) is 14.8. The lowest BCUT2D eigenvalue weighted by atomic mass is 9.97. The Labute approximate surface area is 258 Å². The maximum Gasteiger partial charge on any atom is 0.187 e. The Morgan fingerprint density at radius 2 is 1.14 bits per heavy atom. The van der Waals surface area contributed by atoms with E-state index in [1.54, 1.807) is 0 Å². The van der Waals surface area contributed by atoms with Crippen LogP contribution in [0.4, 0.5) is 0 Å². The monoisotopic (exact) mass is 610 g/mol. The minimum Gasteiger partial charge on any atom is -0.394 e. The molecule has 0 radical (unpaired) electrons. The molecule has 0 aromatic heterocycles. The van der Waals surface area contributed by atoms with E-state index in [0.717, 1.165) is 16.7 Å². The van der Waals surface area contributed by atoms with Gasteiger partial charge in [0.1, 0.15) is 42.7 Å². The van der Waals surface area contributed by atoms with E-state index < -0.39 is 61.9 Å². The summed E-state index contributed by atoms with van der Waals surface area (Å²) in [5, 5.41) is 20.6. The molecular formula is C34H42O10. The Bertz CT molecular complexity index is 1220. The molecule has 2 aliphatic heterocycles. The zero-order valence-electron chi connectivity index (χ0n) is 25.1. The average molecular weight is 611 g/mol. The van der Waals surface area contributed by atoms with Gasteiger partial charge in [0, 0.05) is 14.2 Å². The third-order valence-corrected chi connectivity index (χ3v) is 7.89. The van der Waals surface area contributed by atoms with Crippen molar-refractivity contribution in [3.63, 3.8) is 0 Å². The van der Waals surface area contributed by atoms with Crippen LogP contribution in [0.1, 0.15) is 16.7 Å². The van der Waals surface area contributed by atoms with Crippen LogP contribution in [0.25, 0.3) is 0 Å². The summed E-state index contributed by atoms with van der Waals surface area (Å²) in [6, 6.07) is 29.6. The molecule has 44 heavy (non-hydrogen) atoms. The first kappa shape index (κ1) is 32.6. The second-order valence-electron chi connectivity index (χ2n) is 10.8. The van der Waals surface area contributed by atoms with Gasteiger partial charge in [0.25, 0.3) is 0 Å². The number of ether oxygens (including phenoxy) is 8. The molecule has 0 aliphatic carbocycles. The first-order valence-electron chi connectivity index (χ1n) is 14.8. The molecule has 2 saturated heterocycles. The van der Waals surface area contributed by atoms with E-state index in [1.807, 2.05) is 91.0 Å². The van der Waals surface area contributed by atoms with Gasteiger partial charge in [-0.15, -0.1) is 0 Å². The fourth-order valence-corrected chi connectivity index (χ4v) is 5.57. The first-order chi connectivity index (χ1) is 21.6. The maximum absolute atomic E-state index is 10.5. The quantitative estimate of drug-likeness (QED) is 0.282. The van der Waals surface area contributed by atoms with E-state index in [9.17, 15) is 10.2 Å². The Hall–Kier alpha value is -2.74. The molecule has 0 unspecified atom stereocenters. The molecule has 3 aromatic carbocycles. The number of aliphatic hydroxyl groups excluding tert-OH is 2. The molecule has 2 N–H and O–H groups in total. The van der Waals surface area contributed by atoms with Gasteiger partial charge in [0.05, 0.1) is 33.0 Å². The Balaban J connectivity index is 1.42. The number of rotatable bonds is 14. The zero-order chi connectivity index (χ0) is 30.7. The highest BCUT2D eigenvalue weighted by molar-refractivity contribution is 5.15. The van der Waals surface area contributed by atoms with Crippen LogP contribution in [0.5, 0.6) is 0 Å². The summed E-state index contributed by atoms with van der Waals surface area (Å²) in [4.78, 5) is 0.